The molecule has 4 aliphatic rings. The van der Waals surface area contributed by atoms with Gasteiger partial charge in [0.25, 0.3) is 0 Å². The maximum atomic E-state index is 14.4. The van der Waals surface area contributed by atoms with E-state index in [1.165, 1.54) is 44.6 Å². The number of rotatable bonds is 2. The lowest BCUT2D eigenvalue weighted by Gasteiger charge is -2.58. The molecular formula is C17H18BrCl2F. The Labute approximate surface area is 143 Å². The Morgan fingerprint density at radius 1 is 1.10 bits per heavy atom. The summed E-state index contributed by atoms with van der Waals surface area (Å²) in [6.07, 6.45) is 7.60. The van der Waals surface area contributed by atoms with Crippen LogP contribution in [0.5, 0.6) is 0 Å². The van der Waals surface area contributed by atoms with E-state index >= 15 is 0 Å². The largest absolute Gasteiger partial charge is 0.207 e. The van der Waals surface area contributed by atoms with Gasteiger partial charge >= 0.3 is 0 Å². The molecule has 4 bridgehead atoms. The fourth-order valence-corrected chi connectivity index (χ4v) is 6.47. The Kier molecular flexibility index (Phi) is 3.60. The van der Waals surface area contributed by atoms with Gasteiger partial charge in [0.1, 0.15) is 5.82 Å². The maximum Gasteiger partial charge on any atom is 0.129 e. The van der Waals surface area contributed by atoms with Gasteiger partial charge in [-0.2, -0.15) is 0 Å². The van der Waals surface area contributed by atoms with Crippen molar-refractivity contribution in [2.24, 2.45) is 23.2 Å². The minimum absolute atomic E-state index is 0.0916. The van der Waals surface area contributed by atoms with Crippen LogP contribution in [0.25, 0.3) is 0 Å². The van der Waals surface area contributed by atoms with Gasteiger partial charge in [-0.05, 0) is 89.8 Å². The molecule has 0 N–H and O–H groups in total. The van der Waals surface area contributed by atoms with Crippen LogP contribution in [-0.4, -0.2) is 0 Å². The fraction of sp³-hybridized carbons (Fsp3) is 0.647. The number of alkyl halides is 1. The first kappa shape index (κ1) is 14.8. The zero-order valence-electron chi connectivity index (χ0n) is 11.7. The normalized spacial score (nSPS) is 38.8. The molecule has 1 aromatic rings. The van der Waals surface area contributed by atoms with Gasteiger partial charge in [0.2, 0.25) is 0 Å². The lowest BCUT2D eigenvalue weighted by atomic mass is 9.48. The maximum absolute atomic E-state index is 14.4. The summed E-state index contributed by atoms with van der Waals surface area (Å²) in [6, 6.07) is 3.17. The molecule has 1 aromatic carbocycles. The second kappa shape index (κ2) is 5.11. The van der Waals surface area contributed by atoms with Crippen molar-refractivity contribution in [1.82, 2.24) is 0 Å². The minimum atomic E-state index is -0.253. The molecule has 0 heterocycles. The summed E-state index contributed by atoms with van der Waals surface area (Å²) in [4.78, 5) is 0. The highest BCUT2D eigenvalue weighted by Gasteiger charge is 2.54. The van der Waals surface area contributed by atoms with E-state index < -0.39 is 0 Å². The van der Waals surface area contributed by atoms with Gasteiger partial charge in [-0.3, -0.25) is 0 Å². The highest BCUT2D eigenvalue weighted by Crippen LogP contribution is 2.65. The predicted molar refractivity (Wildman–Crippen MR) is 88.3 cm³/mol. The molecule has 0 radical (unpaired) electrons. The molecule has 1 unspecified atom stereocenters. The molecule has 1 atom stereocenters. The molecule has 0 aliphatic heterocycles. The van der Waals surface area contributed by atoms with Gasteiger partial charge in [-0.25, -0.2) is 4.39 Å². The van der Waals surface area contributed by atoms with Crippen molar-refractivity contribution in [3.05, 3.63) is 33.0 Å². The Bertz CT molecular complexity index is 551. The van der Waals surface area contributed by atoms with E-state index in [1.807, 2.05) is 0 Å². The van der Waals surface area contributed by atoms with Crippen LogP contribution in [0, 0.1) is 29.0 Å². The van der Waals surface area contributed by atoms with Crippen LogP contribution < -0.4 is 0 Å². The number of hydrogen-bond donors (Lipinski definition) is 0. The van der Waals surface area contributed by atoms with E-state index in [1.54, 1.807) is 6.07 Å². The molecule has 114 valence electrons. The second-order valence-electron chi connectivity index (χ2n) is 7.43. The van der Waals surface area contributed by atoms with Crippen LogP contribution in [-0.2, 0) is 0 Å². The molecule has 0 saturated heterocycles. The molecular weight excluding hydrogens is 374 g/mol. The van der Waals surface area contributed by atoms with Crippen LogP contribution in [0.1, 0.15) is 49.5 Å². The summed E-state index contributed by atoms with van der Waals surface area (Å²) < 4.78 is 15.0. The van der Waals surface area contributed by atoms with Gasteiger partial charge in [0.15, 0.2) is 0 Å². The van der Waals surface area contributed by atoms with Crippen LogP contribution in [0.4, 0.5) is 4.39 Å². The first-order valence-electron chi connectivity index (χ1n) is 7.75. The molecule has 5 rings (SSSR count). The standard InChI is InChI=1S/C17H18BrCl2F/c18-13-5-15(21)12(4-14(13)19)16(20)17-6-9-1-10(7-17)3-11(2-9)8-17/h4-5,9-11,16H,1-3,6-8H2. The van der Waals surface area contributed by atoms with Crippen molar-refractivity contribution in [3.63, 3.8) is 0 Å². The monoisotopic (exact) mass is 390 g/mol. The summed E-state index contributed by atoms with van der Waals surface area (Å²) in [7, 11) is 0. The quantitative estimate of drug-likeness (QED) is 0.386. The Morgan fingerprint density at radius 2 is 1.62 bits per heavy atom. The van der Waals surface area contributed by atoms with Crippen molar-refractivity contribution in [2.45, 2.75) is 43.9 Å². The Hall–Kier alpha value is 0.210. The molecule has 4 fully saturated rings. The van der Waals surface area contributed by atoms with Gasteiger partial charge in [-0.15, -0.1) is 11.6 Å². The minimum Gasteiger partial charge on any atom is -0.207 e. The van der Waals surface area contributed by atoms with Gasteiger partial charge in [0, 0.05) is 10.0 Å². The van der Waals surface area contributed by atoms with E-state index in [0.717, 1.165) is 17.8 Å². The number of halogens is 4. The third kappa shape index (κ3) is 2.37. The first-order chi connectivity index (χ1) is 9.97. The Balaban J connectivity index is 1.71. The van der Waals surface area contributed by atoms with Crippen molar-refractivity contribution in [3.8, 4) is 0 Å². The van der Waals surface area contributed by atoms with Crippen LogP contribution >= 0.6 is 39.1 Å². The van der Waals surface area contributed by atoms with Crippen molar-refractivity contribution in [1.29, 1.82) is 0 Å². The summed E-state index contributed by atoms with van der Waals surface area (Å²) >= 11 is 16.3. The lowest BCUT2D eigenvalue weighted by Crippen LogP contribution is -2.48. The average molecular weight is 392 g/mol. The second-order valence-corrected chi connectivity index (χ2v) is 9.13. The first-order valence-corrected chi connectivity index (χ1v) is 9.36. The van der Waals surface area contributed by atoms with Gasteiger partial charge < -0.3 is 0 Å². The topological polar surface area (TPSA) is 0 Å². The molecule has 21 heavy (non-hydrogen) atoms. The fourth-order valence-electron chi connectivity index (χ4n) is 5.55. The number of hydrogen-bond acceptors (Lipinski definition) is 0. The molecule has 4 heteroatoms. The zero-order valence-corrected chi connectivity index (χ0v) is 14.8. The van der Waals surface area contributed by atoms with Gasteiger partial charge in [-0.1, -0.05) is 11.6 Å². The zero-order chi connectivity index (χ0) is 14.8. The van der Waals surface area contributed by atoms with Crippen molar-refractivity contribution >= 4 is 39.1 Å². The van der Waals surface area contributed by atoms with E-state index in [2.05, 4.69) is 15.9 Å². The molecule has 4 saturated carbocycles. The van der Waals surface area contributed by atoms with Crippen LogP contribution in [0.2, 0.25) is 5.02 Å². The highest BCUT2D eigenvalue weighted by molar-refractivity contribution is 9.10. The average Bonchev–Trinajstić information content (AvgIpc) is 2.40. The van der Waals surface area contributed by atoms with Crippen LogP contribution in [0.3, 0.4) is 0 Å². The molecule has 0 amide bonds. The molecule has 0 nitrogen and oxygen atoms in total. The van der Waals surface area contributed by atoms with E-state index in [0.29, 0.717) is 15.1 Å². The van der Waals surface area contributed by atoms with Crippen LogP contribution in [0.15, 0.2) is 16.6 Å². The van der Waals surface area contributed by atoms with Gasteiger partial charge in [0.05, 0.1) is 10.4 Å². The van der Waals surface area contributed by atoms with E-state index in [-0.39, 0.29) is 16.6 Å². The number of benzene rings is 1. The summed E-state index contributed by atoms with van der Waals surface area (Å²) in [5, 5.41) is 0.290. The molecule has 4 aliphatic carbocycles. The lowest BCUT2D eigenvalue weighted by molar-refractivity contribution is -0.0556. The smallest absolute Gasteiger partial charge is 0.129 e. The third-order valence-corrected chi connectivity index (χ3v) is 7.83. The highest BCUT2D eigenvalue weighted by atomic mass is 79.9. The SMILES string of the molecule is Fc1cc(Br)c(Cl)cc1C(Cl)C12CC3CC(CC(C3)C1)C2. The van der Waals surface area contributed by atoms with Crippen molar-refractivity contribution < 1.29 is 4.39 Å². The summed E-state index contributed by atoms with van der Waals surface area (Å²) in [5.41, 5.74) is 0.681. The van der Waals surface area contributed by atoms with Crippen molar-refractivity contribution in [2.75, 3.05) is 0 Å². The van der Waals surface area contributed by atoms with E-state index in [9.17, 15) is 4.39 Å². The molecule has 0 aromatic heterocycles. The molecule has 0 spiro atoms. The summed E-state index contributed by atoms with van der Waals surface area (Å²) in [6.45, 7) is 0. The van der Waals surface area contributed by atoms with E-state index in [4.69, 9.17) is 23.2 Å². The predicted octanol–water partition coefficient (Wildman–Crippen LogP) is 6.74. The summed E-state index contributed by atoms with van der Waals surface area (Å²) in [5.74, 6) is 2.20. The third-order valence-electron chi connectivity index (χ3n) is 5.94. The Morgan fingerprint density at radius 3 is 2.14 bits per heavy atom.